The van der Waals surface area contributed by atoms with Crippen LogP contribution >= 0.6 is 23.2 Å². The van der Waals surface area contributed by atoms with Crippen molar-refractivity contribution in [3.05, 3.63) is 40.0 Å². The Labute approximate surface area is 118 Å². The minimum atomic E-state index is -0.0382. The van der Waals surface area contributed by atoms with E-state index in [0.717, 1.165) is 17.0 Å². The van der Waals surface area contributed by atoms with E-state index in [4.69, 9.17) is 23.2 Å². The number of aromatic nitrogens is 2. The van der Waals surface area contributed by atoms with Gasteiger partial charge in [0.25, 0.3) is 0 Å². The van der Waals surface area contributed by atoms with Crippen LogP contribution in [0.4, 0.5) is 0 Å². The van der Waals surface area contributed by atoms with Crippen LogP contribution in [0.2, 0.25) is 10.0 Å². The molecule has 2 aromatic rings. The Kier molecular flexibility index (Phi) is 3.43. The highest BCUT2D eigenvalue weighted by atomic mass is 35.5. The van der Waals surface area contributed by atoms with Gasteiger partial charge in [-0.05, 0) is 12.1 Å². The second-order valence-electron chi connectivity index (χ2n) is 5.39. The van der Waals surface area contributed by atoms with Crippen LogP contribution in [-0.2, 0) is 12.5 Å². The Morgan fingerprint density at radius 1 is 1.06 bits per heavy atom. The van der Waals surface area contributed by atoms with Gasteiger partial charge in [0.1, 0.15) is 5.69 Å². The molecule has 2 rings (SSSR count). The molecule has 18 heavy (non-hydrogen) atoms. The predicted molar refractivity (Wildman–Crippen MR) is 77.4 cm³/mol. The van der Waals surface area contributed by atoms with Gasteiger partial charge in [-0.3, -0.25) is 4.68 Å². The average molecular weight is 283 g/mol. The van der Waals surface area contributed by atoms with Gasteiger partial charge in [-0.2, -0.15) is 5.10 Å². The molecule has 0 aliphatic heterocycles. The van der Waals surface area contributed by atoms with E-state index in [1.165, 1.54) is 0 Å². The van der Waals surface area contributed by atoms with Crippen molar-refractivity contribution in [2.75, 3.05) is 0 Å². The fraction of sp³-hybridized carbons (Fsp3) is 0.357. The minimum Gasteiger partial charge on any atom is -0.270 e. The molecule has 0 spiro atoms. The molecule has 0 saturated carbocycles. The molecule has 1 aromatic carbocycles. The van der Waals surface area contributed by atoms with Crippen LogP contribution in [0.25, 0.3) is 11.3 Å². The van der Waals surface area contributed by atoms with Gasteiger partial charge in [-0.15, -0.1) is 0 Å². The molecule has 96 valence electrons. The first-order chi connectivity index (χ1) is 8.30. The quantitative estimate of drug-likeness (QED) is 0.742. The standard InChI is InChI=1S/C14H16Cl2N2/c1-14(2,3)13-11(16)12(17-18(13)4)9-5-7-10(15)8-6-9/h5-8H,1-4H3. The van der Waals surface area contributed by atoms with Gasteiger partial charge in [0.05, 0.1) is 10.7 Å². The molecule has 0 fully saturated rings. The zero-order valence-corrected chi connectivity index (χ0v) is 12.5. The van der Waals surface area contributed by atoms with Crippen molar-refractivity contribution >= 4 is 23.2 Å². The molecule has 0 aliphatic rings. The zero-order chi connectivity index (χ0) is 13.5. The van der Waals surface area contributed by atoms with E-state index in [2.05, 4.69) is 25.9 Å². The highest BCUT2D eigenvalue weighted by molar-refractivity contribution is 6.34. The Morgan fingerprint density at radius 3 is 2.06 bits per heavy atom. The Bertz CT molecular complexity index is 563. The number of aryl methyl sites for hydroxylation is 1. The number of rotatable bonds is 1. The second-order valence-corrected chi connectivity index (χ2v) is 6.21. The summed E-state index contributed by atoms with van der Waals surface area (Å²) in [5.74, 6) is 0. The molecule has 1 heterocycles. The van der Waals surface area contributed by atoms with Gasteiger partial charge in [0.15, 0.2) is 0 Å². The van der Waals surface area contributed by atoms with E-state index in [1.807, 2.05) is 36.0 Å². The topological polar surface area (TPSA) is 17.8 Å². The van der Waals surface area contributed by atoms with Crippen LogP contribution in [0, 0.1) is 0 Å². The third-order valence-electron chi connectivity index (χ3n) is 2.82. The van der Waals surface area contributed by atoms with Crippen molar-refractivity contribution < 1.29 is 0 Å². The minimum absolute atomic E-state index is 0.0382. The van der Waals surface area contributed by atoms with Crippen LogP contribution in [0.5, 0.6) is 0 Å². The highest BCUT2D eigenvalue weighted by Crippen LogP contribution is 2.36. The van der Waals surface area contributed by atoms with Gasteiger partial charge in [0, 0.05) is 23.0 Å². The molecule has 0 atom stereocenters. The summed E-state index contributed by atoms with van der Waals surface area (Å²) in [6.45, 7) is 6.38. The SMILES string of the molecule is Cn1nc(-c2ccc(Cl)cc2)c(Cl)c1C(C)(C)C. The Hall–Kier alpha value is -0.990. The van der Waals surface area contributed by atoms with Crippen molar-refractivity contribution in [2.24, 2.45) is 7.05 Å². The zero-order valence-electron chi connectivity index (χ0n) is 11.0. The van der Waals surface area contributed by atoms with Crippen molar-refractivity contribution in [2.45, 2.75) is 26.2 Å². The smallest absolute Gasteiger partial charge is 0.111 e. The van der Waals surface area contributed by atoms with Crippen molar-refractivity contribution in [1.29, 1.82) is 0 Å². The van der Waals surface area contributed by atoms with Gasteiger partial charge in [0.2, 0.25) is 0 Å². The lowest BCUT2D eigenvalue weighted by atomic mass is 9.91. The van der Waals surface area contributed by atoms with Crippen LogP contribution in [-0.4, -0.2) is 9.78 Å². The van der Waals surface area contributed by atoms with Crippen molar-refractivity contribution in [1.82, 2.24) is 9.78 Å². The summed E-state index contributed by atoms with van der Waals surface area (Å²) in [6, 6.07) is 7.56. The molecule has 0 bridgehead atoms. The molecule has 0 unspecified atom stereocenters. The lowest BCUT2D eigenvalue weighted by Gasteiger charge is -2.19. The maximum atomic E-state index is 6.47. The molecule has 1 aromatic heterocycles. The van der Waals surface area contributed by atoms with E-state index in [0.29, 0.717) is 10.0 Å². The van der Waals surface area contributed by atoms with Gasteiger partial charge < -0.3 is 0 Å². The molecular weight excluding hydrogens is 267 g/mol. The number of nitrogens with zero attached hydrogens (tertiary/aromatic N) is 2. The van der Waals surface area contributed by atoms with Crippen LogP contribution in [0.1, 0.15) is 26.5 Å². The number of hydrogen-bond donors (Lipinski definition) is 0. The maximum Gasteiger partial charge on any atom is 0.111 e. The van der Waals surface area contributed by atoms with E-state index in [1.54, 1.807) is 0 Å². The van der Waals surface area contributed by atoms with E-state index in [9.17, 15) is 0 Å². The first-order valence-electron chi connectivity index (χ1n) is 5.79. The van der Waals surface area contributed by atoms with Crippen LogP contribution in [0.15, 0.2) is 24.3 Å². The van der Waals surface area contributed by atoms with Crippen molar-refractivity contribution in [3.8, 4) is 11.3 Å². The first-order valence-corrected chi connectivity index (χ1v) is 6.55. The fourth-order valence-corrected chi connectivity index (χ4v) is 2.78. The average Bonchev–Trinajstić information content (AvgIpc) is 2.54. The Morgan fingerprint density at radius 2 is 1.61 bits per heavy atom. The van der Waals surface area contributed by atoms with Crippen LogP contribution in [0.3, 0.4) is 0 Å². The number of halogens is 2. The van der Waals surface area contributed by atoms with E-state index in [-0.39, 0.29) is 5.41 Å². The van der Waals surface area contributed by atoms with Crippen molar-refractivity contribution in [3.63, 3.8) is 0 Å². The number of benzene rings is 1. The summed E-state index contributed by atoms with van der Waals surface area (Å²) in [4.78, 5) is 0. The summed E-state index contributed by atoms with van der Waals surface area (Å²) in [5, 5.41) is 5.94. The molecule has 0 radical (unpaired) electrons. The van der Waals surface area contributed by atoms with Gasteiger partial charge in [-0.25, -0.2) is 0 Å². The van der Waals surface area contributed by atoms with E-state index >= 15 is 0 Å². The molecule has 2 nitrogen and oxygen atoms in total. The lowest BCUT2D eigenvalue weighted by molar-refractivity contribution is 0.523. The summed E-state index contributed by atoms with van der Waals surface area (Å²) >= 11 is 12.4. The summed E-state index contributed by atoms with van der Waals surface area (Å²) in [6.07, 6.45) is 0. The number of hydrogen-bond acceptors (Lipinski definition) is 1. The largest absolute Gasteiger partial charge is 0.270 e. The third-order valence-corrected chi connectivity index (χ3v) is 3.43. The van der Waals surface area contributed by atoms with Crippen LogP contribution < -0.4 is 0 Å². The summed E-state index contributed by atoms with van der Waals surface area (Å²) in [7, 11) is 1.92. The summed E-state index contributed by atoms with van der Waals surface area (Å²) in [5.41, 5.74) is 2.79. The third kappa shape index (κ3) is 2.40. The van der Waals surface area contributed by atoms with Gasteiger partial charge in [-0.1, -0.05) is 56.1 Å². The second kappa shape index (κ2) is 4.60. The molecular formula is C14H16Cl2N2. The predicted octanol–water partition coefficient (Wildman–Crippen LogP) is 4.69. The van der Waals surface area contributed by atoms with E-state index < -0.39 is 0 Å². The highest BCUT2D eigenvalue weighted by Gasteiger charge is 2.25. The molecule has 0 aliphatic carbocycles. The summed E-state index contributed by atoms with van der Waals surface area (Å²) < 4.78 is 1.85. The van der Waals surface area contributed by atoms with Gasteiger partial charge >= 0.3 is 0 Å². The molecule has 4 heteroatoms. The molecule has 0 saturated heterocycles. The normalized spacial score (nSPS) is 11.9. The molecule has 0 amide bonds. The Balaban J connectivity index is 2.57. The maximum absolute atomic E-state index is 6.47. The molecule has 0 N–H and O–H groups in total. The first kappa shape index (κ1) is 13.4. The fourth-order valence-electron chi connectivity index (χ4n) is 2.10. The lowest BCUT2D eigenvalue weighted by Crippen LogP contribution is -2.16. The monoisotopic (exact) mass is 282 g/mol.